The van der Waals surface area contributed by atoms with Gasteiger partial charge < -0.3 is 10.2 Å². The van der Waals surface area contributed by atoms with E-state index in [0.717, 1.165) is 19.3 Å². The Labute approximate surface area is 80.3 Å². The molecule has 1 fully saturated rings. The van der Waals surface area contributed by atoms with Gasteiger partial charge in [0.15, 0.2) is 0 Å². The summed E-state index contributed by atoms with van der Waals surface area (Å²) in [6.45, 7) is 7.60. The molecule has 2 heteroatoms. The quantitative estimate of drug-likeness (QED) is 0.656. The zero-order valence-corrected chi connectivity index (χ0v) is 8.53. The Morgan fingerprint density at radius 3 is 2.62 bits per heavy atom. The molecule has 76 valence electrons. The first-order valence-corrected chi connectivity index (χ1v) is 5.05. The van der Waals surface area contributed by atoms with E-state index in [4.69, 9.17) is 0 Å². The second-order valence-corrected chi connectivity index (χ2v) is 4.43. The molecule has 0 aliphatic heterocycles. The monoisotopic (exact) mass is 184 g/mol. The number of aliphatic hydroxyl groups excluding tert-OH is 1. The lowest BCUT2D eigenvalue weighted by molar-refractivity contribution is -0.0357. The maximum atomic E-state index is 10.1. The lowest BCUT2D eigenvalue weighted by Gasteiger charge is -2.32. The van der Waals surface area contributed by atoms with Crippen LogP contribution in [0.1, 0.15) is 33.1 Å². The van der Waals surface area contributed by atoms with Crippen LogP contribution in [0.15, 0.2) is 12.7 Å². The van der Waals surface area contributed by atoms with Crippen molar-refractivity contribution in [3.8, 4) is 0 Å². The third-order valence-corrected chi connectivity index (χ3v) is 3.18. The second-order valence-electron chi connectivity index (χ2n) is 4.43. The molecule has 0 heterocycles. The van der Waals surface area contributed by atoms with E-state index in [1.165, 1.54) is 0 Å². The average Bonchev–Trinajstić information content (AvgIpc) is 2.47. The van der Waals surface area contributed by atoms with Crippen LogP contribution in [0, 0.1) is 11.8 Å². The molecular weight excluding hydrogens is 164 g/mol. The van der Waals surface area contributed by atoms with Crippen LogP contribution >= 0.6 is 0 Å². The Morgan fingerprint density at radius 2 is 2.15 bits per heavy atom. The van der Waals surface area contributed by atoms with Crippen LogP contribution < -0.4 is 0 Å². The molecule has 1 saturated carbocycles. The third-order valence-electron chi connectivity index (χ3n) is 3.18. The fourth-order valence-electron chi connectivity index (χ4n) is 2.23. The molecule has 3 atom stereocenters. The van der Waals surface area contributed by atoms with Crippen LogP contribution in [-0.2, 0) is 0 Å². The lowest BCUT2D eigenvalue weighted by Crippen LogP contribution is -2.40. The lowest BCUT2D eigenvalue weighted by atomic mass is 9.82. The highest BCUT2D eigenvalue weighted by atomic mass is 16.3. The van der Waals surface area contributed by atoms with Crippen molar-refractivity contribution in [3.63, 3.8) is 0 Å². The second kappa shape index (κ2) is 3.81. The predicted octanol–water partition coefficient (Wildman–Crippen LogP) is 1.72. The highest BCUT2D eigenvalue weighted by Gasteiger charge is 2.43. The minimum atomic E-state index is -0.830. The molecule has 0 radical (unpaired) electrons. The molecule has 0 bridgehead atoms. The summed E-state index contributed by atoms with van der Waals surface area (Å²) in [5.74, 6) is 0.180. The number of aliphatic hydroxyl groups is 2. The largest absolute Gasteiger partial charge is 0.392 e. The van der Waals surface area contributed by atoms with Crippen LogP contribution in [0.25, 0.3) is 0 Å². The summed E-state index contributed by atoms with van der Waals surface area (Å²) >= 11 is 0. The van der Waals surface area contributed by atoms with E-state index in [9.17, 15) is 10.2 Å². The molecule has 13 heavy (non-hydrogen) atoms. The maximum absolute atomic E-state index is 10.1. The summed E-state index contributed by atoms with van der Waals surface area (Å²) in [6.07, 6.45) is 3.81. The van der Waals surface area contributed by atoms with Crippen molar-refractivity contribution in [3.05, 3.63) is 12.7 Å². The van der Waals surface area contributed by atoms with Crippen LogP contribution in [-0.4, -0.2) is 21.9 Å². The Balaban J connectivity index is 2.73. The van der Waals surface area contributed by atoms with Gasteiger partial charge in [0.1, 0.15) is 0 Å². The van der Waals surface area contributed by atoms with Gasteiger partial charge in [-0.15, -0.1) is 6.58 Å². The number of rotatable bonds is 3. The van der Waals surface area contributed by atoms with Crippen molar-refractivity contribution in [2.24, 2.45) is 11.8 Å². The van der Waals surface area contributed by atoms with Gasteiger partial charge in [-0.3, -0.25) is 0 Å². The van der Waals surface area contributed by atoms with E-state index in [1.54, 1.807) is 6.08 Å². The SMILES string of the molecule is C=C[C@]1(O)CCC[C@@H]1[C@H](O)C(C)C. The van der Waals surface area contributed by atoms with Crippen molar-refractivity contribution in [1.29, 1.82) is 0 Å². The zero-order chi connectivity index (χ0) is 10.1. The highest BCUT2D eigenvalue weighted by Crippen LogP contribution is 2.40. The minimum Gasteiger partial charge on any atom is -0.392 e. The Kier molecular flexibility index (Phi) is 3.14. The van der Waals surface area contributed by atoms with Gasteiger partial charge in [0.05, 0.1) is 11.7 Å². The fraction of sp³-hybridized carbons (Fsp3) is 0.818. The average molecular weight is 184 g/mol. The van der Waals surface area contributed by atoms with E-state index in [2.05, 4.69) is 6.58 Å². The summed E-state index contributed by atoms with van der Waals surface area (Å²) < 4.78 is 0. The molecule has 1 aliphatic carbocycles. The topological polar surface area (TPSA) is 40.5 Å². The van der Waals surface area contributed by atoms with Crippen molar-refractivity contribution in [1.82, 2.24) is 0 Å². The van der Waals surface area contributed by atoms with Crippen LogP contribution in [0.5, 0.6) is 0 Å². The molecule has 0 spiro atoms. The van der Waals surface area contributed by atoms with Gasteiger partial charge in [0.25, 0.3) is 0 Å². The molecular formula is C11H20O2. The molecule has 2 N–H and O–H groups in total. The Bertz CT molecular complexity index is 189. The normalized spacial score (nSPS) is 36.5. The maximum Gasteiger partial charge on any atom is 0.0877 e. The molecule has 0 aromatic rings. The van der Waals surface area contributed by atoms with Gasteiger partial charge in [-0.2, -0.15) is 0 Å². The van der Waals surface area contributed by atoms with Gasteiger partial charge in [-0.1, -0.05) is 19.9 Å². The molecule has 1 rings (SSSR count). The molecule has 0 aromatic heterocycles. The van der Waals surface area contributed by atoms with Crippen LogP contribution in [0.2, 0.25) is 0 Å². The first-order valence-electron chi connectivity index (χ1n) is 5.05. The molecule has 2 nitrogen and oxygen atoms in total. The van der Waals surface area contributed by atoms with Gasteiger partial charge >= 0.3 is 0 Å². The smallest absolute Gasteiger partial charge is 0.0877 e. The first-order chi connectivity index (χ1) is 6.01. The van der Waals surface area contributed by atoms with Crippen molar-refractivity contribution in [2.75, 3.05) is 0 Å². The van der Waals surface area contributed by atoms with Crippen molar-refractivity contribution in [2.45, 2.75) is 44.8 Å². The Morgan fingerprint density at radius 1 is 1.54 bits per heavy atom. The van der Waals surface area contributed by atoms with Crippen molar-refractivity contribution >= 4 is 0 Å². The molecule has 0 amide bonds. The van der Waals surface area contributed by atoms with E-state index >= 15 is 0 Å². The molecule has 0 aromatic carbocycles. The van der Waals surface area contributed by atoms with Gasteiger partial charge in [0, 0.05) is 5.92 Å². The van der Waals surface area contributed by atoms with E-state index in [-0.39, 0.29) is 11.8 Å². The zero-order valence-electron chi connectivity index (χ0n) is 8.53. The summed E-state index contributed by atoms with van der Waals surface area (Å²) in [5, 5.41) is 20.0. The molecule has 1 aliphatic rings. The highest BCUT2D eigenvalue weighted by molar-refractivity contribution is 5.06. The fourth-order valence-corrected chi connectivity index (χ4v) is 2.23. The van der Waals surface area contributed by atoms with E-state index < -0.39 is 11.7 Å². The minimum absolute atomic E-state index is 0.0231. The van der Waals surface area contributed by atoms with Crippen LogP contribution in [0.3, 0.4) is 0 Å². The summed E-state index contributed by atoms with van der Waals surface area (Å²) in [7, 11) is 0. The standard InChI is InChI=1S/C11H20O2/c1-4-11(13)7-5-6-9(11)10(12)8(2)3/h4,8-10,12-13H,1,5-7H2,2-3H3/t9-,10-,11+/m1/s1. The number of hydrogen-bond acceptors (Lipinski definition) is 2. The van der Waals surface area contributed by atoms with Gasteiger partial charge in [-0.05, 0) is 25.2 Å². The summed E-state index contributed by atoms with van der Waals surface area (Å²) in [6, 6.07) is 0. The molecule has 0 unspecified atom stereocenters. The summed E-state index contributed by atoms with van der Waals surface area (Å²) in [5.41, 5.74) is -0.830. The van der Waals surface area contributed by atoms with Crippen LogP contribution in [0.4, 0.5) is 0 Å². The van der Waals surface area contributed by atoms with Crippen molar-refractivity contribution < 1.29 is 10.2 Å². The predicted molar refractivity (Wildman–Crippen MR) is 53.3 cm³/mol. The van der Waals surface area contributed by atoms with E-state index in [0.29, 0.717) is 0 Å². The summed E-state index contributed by atoms with van der Waals surface area (Å²) in [4.78, 5) is 0. The third kappa shape index (κ3) is 1.94. The first kappa shape index (κ1) is 10.7. The number of hydrogen-bond donors (Lipinski definition) is 2. The van der Waals surface area contributed by atoms with Gasteiger partial charge in [0.2, 0.25) is 0 Å². The Hall–Kier alpha value is -0.340. The van der Waals surface area contributed by atoms with Gasteiger partial charge in [-0.25, -0.2) is 0 Å². The van der Waals surface area contributed by atoms with E-state index in [1.807, 2.05) is 13.8 Å². The molecule has 0 saturated heterocycles.